The lowest BCUT2D eigenvalue weighted by molar-refractivity contribution is -0.120. The lowest BCUT2D eigenvalue weighted by atomic mass is 9.83. The zero-order valence-corrected chi connectivity index (χ0v) is 18.2. The molecule has 8 heteroatoms. The van der Waals surface area contributed by atoms with Crippen molar-refractivity contribution in [3.8, 4) is 11.8 Å². The van der Waals surface area contributed by atoms with Gasteiger partial charge in [0.15, 0.2) is 5.16 Å². The third kappa shape index (κ3) is 4.46. The molecule has 1 saturated carbocycles. The molecule has 2 heterocycles. The molecule has 4 rings (SSSR count). The average Bonchev–Trinajstić information content (AvgIpc) is 3.43. The Kier molecular flexibility index (Phi) is 6.28. The number of hydrogen-bond acceptors (Lipinski definition) is 6. The number of benzene rings is 1. The number of nitrogens with one attached hydrogen (secondary N) is 1. The molecule has 1 aromatic carbocycles. The van der Waals surface area contributed by atoms with Crippen LogP contribution in [0, 0.1) is 18.3 Å². The Hall–Kier alpha value is -2.53. The van der Waals surface area contributed by atoms with Crippen LogP contribution in [-0.2, 0) is 4.79 Å². The van der Waals surface area contributed by atoms with Gasteiger partial charge in [-0.1, -0.05) is 48.7 Å². The van der Waals surface area contributed by atoms with E-state index in [1.807, 2.05) is 4.57 Å². The molecule has 0 bridgehead atoms. The Morgan fingerprint density at radius 3 is 2.50 bits per heavy atom. The van der Waals surface area contributed by atoms with Crippen LogP contribution in [0.25, 0.3) is 5.69 Å². The fourth-order valence-electron chi connectivity index (χ4n) is 4.25. The predicted molar refractivity (Wildman–Crippen MR) is 118 cm³/mol. The Labute approximate surface area is 181 Å². The Morgan fingerprint density at radius 2 is 1.83 bits per heavy atom. The van der Waals surface area contributed by atoms with Gasteiger partial charge in [-0.05, 0) is 44.7 Å². The molecule has 1 amide bonds. The van der Waals surface area contributed by atoms with Gasteiger partial charge in [-0.3, -0.25) is 9.36 Å². The summed E-state index contributed by atoms with van der Waals surface area (Å²) in [4.78, 5) is 14.9. The van der Waals surface area contributed by atoms with Crippen LogP contribution in [0.15, 0.2) is 29.4 Å². The molecule has 1 N–H and O–H groups in total. The van der Waals surface area contributed by atoms with E-state index in [0.29, 0.717) is 5.16 Å². The van der Waals surface area contributed by atoms with Gasteiger partial charge in [-0.25, -0.2) is 0 Å². The van der Waals surface area contributed by atoms with Gasteiger partial charge in [0.1, 0.15) is 5.54 Å². The van der Waals surface area contributed by atoms with Crippen molar-refractivity contribution in [1.82, 2.24) is 20.1 Å². The number of hydrogen-bond donors (Lipinski definition) is 1. The van der Waals surface area contributed by atoms with Crippen LogP contribution in [0.4, 0.5) is 5.95 Å². The van der Waals surface area contributed by atoms with Gasteiger partial charge in [0.25, 0.3) is 0 Å². The van der Waals surface area contributed by atoms with Gasteiger partial charge in [0.05, 0.1) is 17.5 Å². The smallest absolute Gasteiger partial charge is 0.232 e. The van der Waals surface area contributed by atoms with E-state index >= 15 is 0 Å². The Balaban J connectivity index is 1.51. The van der Waals surface area contributed by atoms with Crippen molar-refractivity contribution < 1.29 is 4.79 Å². The average molecular weight is 425 g/mol. The number of nitrogens with zero attached hydrogens (tertiary/aromatic N) is 5. The SMILES string of the molecule is Cc1ccc(-n2c(SCC(=O)NC3(C#N)CCCCC3)nnc2N2CCCC2)cc1. The van der Waals surface area contributed by atoms with E-state index in [2.05, 4.69) is 57.7 Å². The Morgan fingerprint density at radius 1 is 1.13 bits per heavy atom. The minimum absolute atomic E-state index is 0.121. The van der Waals surface area contributed by atoms with E-state index in [4.69, 9.17) is 0 Å². The van der Waals surface area contributed by atoms with Crippen LogP contribution in [0.2, 0.25) is 0 Å². The number of rotatable bonds is 6. The zero-order chi connectivity index (χ0) is 21.0. The molecule has 0 unspecified atom stereocenters. The minimum atomic E-state index is -0.707. The number of aromatic nitrogens is 3. The van der Waals surface area contributed by atoms with Crippen molar-refractivity contribution in [3.05, 3.63) is 29.8 Å². The summed E-state index contributed by atoms with van der Waals surface area (Å²) in [5.41, 5.74) is 1.48. The Bertz CT molecular complexity index is 920. The van der Waals surface area contributed by atoms with Crippen LogP contribution in [0.3, 0.4) is 0 Å². The second-order valence-electron chi connectivity index (χ2n) is 8.24. The molecule has 1 aromatic heterocycles. The molecule has 7 nitrogen and oxygen atoms in total. The molecule has 158 valence electrons. The van der Waals surface area contributed by atoms with Crippen LogP contribution in [0.5, 0.6) is 0 Å². The maximum atomic E-state index is 12.7. The van der Waals surface area contributed by atoms with E-state index in [1.165, 1.54) is 17.3 Å². The number of thioether (sulfide) groups is 1. The normalized spacial score (nSPS) is 18.2. The van der Waals surface area contributed by atoms with Gasteiger partial charge in [0, 0.05) is 13.1 Å². The molecule has 1 saturated heterocycles. The topological polar surface area (TPSA) is 86.8 Å². The molecular formula is C22H28N6OS. The van der Waals surface area contributed by atoms with Crippen molar-refractivity contribution in [2.75, 3.05) is 23.7 Å². The summed E-state index contributed by atoms with van der Waals surface area (Å²) in [5.74, 6) is 0.928. The summed E-state index contributed by atoms with van der Waals surface area (Å²) in [6.07, 6.45) is 6.89. The third-order valence-electron chi connectivity index (χ3n) is 5.93. The highest BCUT2D eigenvalue weighted by atomic mass is 32.2. The quantitative estimate of drug-likeness (QED) is 0.713. The molecular weight excluding hydrogens is 396 g/mol. The summed E-state index contributed by atoms with van der Waals surface area (Å²) in [7, 11) is 0. The highest BCUT2D eigenvalue weighted by Gasteiger charge is 2.33. The van der Waals surface area contributed by atoms with E-state index in [9.17, 15) is 10.1 Å². The summed E-state index contributed by atoms with van der Waals surface area (Å²) in [5, 5.41) is 22.2. The van der Waals surface area contributed by atoms with Crippen LogP contribution < -0.4 is 10.2 Å². The molecule has 2 aliphatic rings. The van der Waals surface area contributed by atoms with Crippen LogP contribution in [-0.4, -0.2) is 45.1 Å². The number of carbonyl (C=O) groups is 1. The highest BCUT2D eigenvalue weighted by molar-refractivity contribution is 7.99. The number of amides is 1. The van der Waals surface area contributed by atoms with Crippen molar-refractivity contribution in [2.24, 2.45) is 0 Å². The fraction of sp³-hybridized carbons (Fsp3) is 0.545. The van der Waals surface area contributed by atoms with Crippen molar-refractivity contribution >= 4 is 23.6 Å². The van der Waals surface area contributed by atoms with Crippen molar-refractivity contribution in [3.63, 3.8) is 0 Å². The van der Waals surface area contributed by atoms with Gasteiger partial charge in [-0.15, -0.1) is 10.2 Å². The minimum Gasteiger partial charge on any atom is -0.341 e. The third-order valence-corrected chi connectivity index (χ3v) is 6.86. The van der Waals surface area contributed by atoms with Crippen LogP contribution in [0.1, 0.15) is 50.5 Å². The summed E-state index contributed by atoms with van der Waals surface area (Å²) in [6, 6.07) is 10.6. The highest BCUT2D eigenvalue weighted by Crippen LogP contribution is 2.30. The lowest BCUT2D eigenvalue weighted by Crippen LogP contribution is -2.49. The van der Waals surface area contributed by atoms with E-state index in [1.54, 1.807) is 0 Å². The standard InChI is InChI=1S/C22H28N6OS/c1-17-7-9-18(10-8-17)28-20(27-13-5-6-14-27)25-26-21(28)30-15-19(29)24-22(16-23)11-3-2-4-12-22/h7-10H,2-6,11-15H2,1H3,(H,24,29). The maximum absolute atomic E-state index is 12.7. The first-order valence-electron chi connectivity index (χ1n) is 10.7. The van der Waals surface area contributed by atoms with Crippen molar-refractivity contribution in [1.29, 1.82) is 5.26 Å². The number of carbonyl (C=O) groups excluding carboxylic acids is 1. The first kappa shape index (κ1) is 20.7. The summed E-state index contributed by atoms with van der Waals surface area (Å²) < 4.78 is 2.05. The van der Waals surface area contributed by atoms with E-state index in [0.717, 1.165) is 69.7 Å². The molecule has 2 aromatic rings. The monoisotopic (exact) mass is 424 g/mol. The second-order valence-corrected chi connectivity index (χ2v) is 9.18. The summed E-state index contributed by atoms with van der Waals surface area (Å²) in [6.45, 7) is 4.01. The lowest BCUT2D eigenvalue weighted by Gasteiger charge is -2.31. The fourth-order valence-corrected chi connectivity index (χ4v) is 5.00. The largest absolute Gasteiger partial charge is 0.341 e. The molecule has 30 heavy (non-hydrogen) atoms. The van der Waals surface area contributed by atoms with Gasteiger partial charge in [-0.2, -0.15) is 5.26 Å². The number of nitriles is 1. The number of aryl methyl sites for hydroxylation is 1. The van der Waals surface area contributed by atoms with Gasteiger partial charge < -0.3 is 10.2 Å². The molecule has 0 radical (unpaired) electrons. The van der Waals surface area contributed by atoms with E-state index in [-0.39, 0.29) is 11.7 Å². The predicted octanol–water partition coefficient (Wildman–Crippen LogP) is 3.61. The summed E-state index contributed by atoms with van der Waals surface area (Å²) >= 11 is 1.37. The van der Waals surface area contributed by atoms with E-state index < -0.39 is 5.54 Å². The zero-order valence-electron chi connectivity index (χ0n) is 17.4. The molecule has 0 atom stereocenters. The molecule has 0 spiro atoms. The second kappa shape index (κ2) is 9.09. The van der Waals surface area contributed by atoms with Crippen LogP contribution >= 0.6 is 11.8 Å². The van der Waals surface area contributed by atoms with Gasteiger partial charge >= 0.3 is 0 Å². The first-order valence-corrected chi connectivity index (χ1v) is 11.7. The molecule has 1 aliphatic carbocycles. The molecule has 1 aliphatic heterocycles. The first-order chi connectivity index (χ1) is 14.6. The van der Waals surface area contributed by atoms with Gasteiger partial charge in [0.2, 0.25) is 11.9 Å². The maximum Gasteiger partial charge on any atom is 0.232 e. The van der Waals surface area contributed by atoms with Crippen molar-refractivity contribution in [2.45, 2.75) is 62.6 Å². The number of anilines is 1. The molecule has 2 fully saturated rings.